The van der Waals surface area contributed by atoms with Crippen LogP contribution in [0.4, 0.5) is 5.69 Å². The van der Waals surface area contributed by atoms with E-state index in [0.29, 0.717) is 5.92 Å². The molecule has 1 aliphatic heterocycles. The first kappa shape index (κ1) is 17.9. The Morgan fingerprint density at radius 2 is 1.93 bits per heavy atom. The Labute approximate surface area is 171 Å². The SMILES string of the molecule is Cc1cc(N2CCC[C@H](c3nccn3Cc3ccccn3)C2)c2ccccc2n1. The quantitative estimate of drug-likeness (QED) is 0.518. The minimum atomic E-state index is 0.412. The van der Waals surface area contributed by atoms with E-state index in [9.17, 15) is 0 Å². The van der Waals surface area contributed by atoms with Crippen molar-refractivity contribution in [2.75, 3.05) is 18.0 Å². The zero-order valence-electron chi connectivity index (χ0n) is 16.7. The highest BCUT2D eigenvalue weighted by Crippen LogP contribution is 2.33. The van der Waals surface area contributed by atoms with Crippen molar-refractivity contribution >= 4 is 16.6 Å². The van der Waals surface area contributed by atoms with E-state index in [0.717, 1.165) is 55.2 Å². The van der Waals surface area contributed by atoms with Crippen LogP contribution in [-0.2, 0) is 6.54 Å². The van der Waals surface area contributed by atoms with Crippen LogP contribution in [-0.4, -0.2) is 32.6 Å². The van der Waals surface area contributed by atoms with Crippen molar-refractivity contribution in [3.63, 3.8) is 0 Å². The molecule has 1 fully saturated rings. The Morgan fingerprint density at radius 3 is 2.83 bits per heavy atom. The van der Waals surface area contributed by atoms with Crippen LogP contribution in [0.15, 0.2) is 67.1 Å². The summed E-state index contributed by atoms with van der Waals surface area (Å²) >= 11 is 0. The van der Waals surface area contributed by atoms with Crippen molar-refractivity contribution in [2.24, 2.45) is 0 Å². The van der Waals surface area contributed by atoms with Gasteiger partial charge in [-0.05, 0) is 44.0 Å². The van der Waals surface area contributed by atoms with E-state index in [4.69, 9.17) is 9.97 Å². The van der Waals surface area contributed by atoms with Crippen molar-refractivity contribution < 1.29 is 0 Å². The van der Waals surface area contributed by atoms with Gasteiger partial charge in [0.15, 0.2) is 0 Å². The monoisotopic (exact) mass is 383 g/mol. The number of anilines is 1. The molecule has 146 valence electrons. The van der Waals surface area contributed by atoms with Gasteiger partial charge in [0.25, 0.3) is 0 Å². The third-order valence-electron chi connectivity index (χ3n) is 5.76. The minimum Gasteiger partial charge on any atom is -0.370 e. The maximum absolute atomic E-state index is 4.74. The van der Waals surface area contributed by atoms with Crippen LogP contribution in [0.2, 0.25) is 0 Å². The van der Waals surface area contributed by atoms with Gasteiger partial charge in [-0.25, -0.2) is 4.98 Å². The van der Waals surface area contributed by atoms with Crippen LogP contribution < -0.4 is 4.90 Å². The Kier molecular flexibility index (Phi) is 4.72. The fourth-order valence-corrected chi connectivity index (χ4v) is 4.43. The van der Waals surface area contributed by atoms with Crippen LogP contribution in [0.25, 0.3) is 10.9 Å². The summed E-state index contributed by atoms with van der Waals surface area (Å²) in [5.74, 6) is 1.57. The first-order valence-electron chi connectivity index (χ1n) is 10.3. The predicted octanol–water partition coefficient (Wildman–Crippen LogP) is 4.57. The number of pyridine rings is 2. The van der Waals surface area contributed by atoms with Gasteiger partial charge in [-0.1, -0.05) is 24.3 Å². The van der Waals surface area contributed by atoms with E-state index < -0.39 is 0 Å². The second-order valence-electron chi connectivity index (χ2n) is 7.82. The summed E-state index contributed by atoms with van der Waals surface area (Å²) in [5.41, 5.74) is 4.49. The number of fused-ring (bicyclic) bond motifs is 1. The van der Waals surface area contributed by atoms with Crippen LogP contribution in [0, 0.1) is 6.92 Å². The second kappa shape index (κ2) is 7.66. The maximum Gasteiger partial charge on any atom is 0.113 e. The van der Waals surface area contributed by atoms with Gasteiger partial charge in [-0.2, -0.15) is 0 Å². The zero-order valence-corrected chi connectivity index (χ0v) is 16.7. The Bertz CT molecular complexity index is 1120. The van der Waals surface area contributed by atoms with E-state index in [2.05, 4.69) is 64.0 Å². The summed E-state index contributed by atoms with van der Waals surface area (Å²) in [5, 5.41) is 1.23. The fourth-order valence-electron chi connectivity index (χ4n) is 4.43. The number of aryl methyl sites for hydroxylation is 1. The summed E-state index contributed by atoms with van der Waals surface area (Å²) in [7, 11) is 0. The van der Waals surface area contributed by atoms with Crippen LogP contribution >= 0.6 is 0 Å². The third kappa shape index (κ3) is 3.60. The molecule has 1 aliphatic rings. The number of para-hydroxylation sites is 1. The highest BCUT2D eigenvalue weighted by atomic mass is 15.2. The van der Waals surface area contributed by atoms with Gasteiger partial charge in [0.05, 0.1) is 17.8 Å². The smallest absolute Gasteiger partial charge is 0.113 e. The standard InChI is InChI=1S/C24H25N5/c1-18-15-23(21-9-2-3-10-22(21)27-18)28-13-6-7-19(16-28)24-26-12-14-29(24)17-20-8-4-5-11-25-20/h2-5,8-12,14-15,19H,6-7,13,16-17H2,1H3/t19-/m0/s1. The lowest BCUT2D eigenvalue weighted by Gasteiger charge is -2.35. The molecule has 0 amide bonds. The molecule has 4 aromatic rings. The average Bonchev–Trinajstić information content (AvgIpc) is 3.22. The summed E-state index contributed by atoms with van der Waals surface area (Å²) in [6.07, 6.45) is 8.18. The topological polar surface area (TPSA) is 46.8 Å². The van der Waals surface area contributed by atoms with Crippen molar-refractivity contribution in [2.45, 2.75) is 32.2 Å². The fraction of sp³-hybridized carbons (Fsp3) is 0.292. The molecule has 0 unspecified atom stereocenters. The van der Waals surface area contributed by atoms with Crippen molar-refractivity contribution in [3.8, 4) is 0 Å². The summed E-state index contributed by atoms with van der Waals surface area (Å²) < 4.78 is 2.26. The number of aromatic nitrogens is 4. The van der Waals surface area contributed by atoms with E-state index in [1.807, 2.05) is 24.5 Å². The zero-order chi connectivity index (χ0) is 19.6. The number of nitrogens with zero attached hydrogens (tertiary/aromatic N) is 5. The largest absolute Gasteiger partial charge is 0.370 e. The Balaban J connectivity index is 1.44. The summed E-state index contributed by atoms with van der Waals surface area (Å²) in [4.78, 5) is 16.5. The first-order valence-corrected chi connectivity index (χ1v) is 10.3. The molecule has 29 heavy (non-hydrogen) atoms. The predicted molar refractivity (Wildman–Crippen MR) is 116 cm³/mol. The molecule has 0 spiro atoms. The highest BCUT2D eigenvalue weighted by molar-refractivity contribution is 5.92. The van der Waals surface area contributed by atoms with Crippen LogP contribution in [0.3, 0.4) is 0 Å². The number of benzene rings is 1. The molecule has 0 bridgehead atoms. The molecular weight excluding hydrogens is 358 g/mol. The van der Waals surface area contributed by atoms with Crippen LogP contribution in [0.1, 0.15) is 36.0 Å². The maximum atomic E-state index is 4.74. The summed E-state index contributed by atoms with van der Waals surface area (Å²) in [6, 6.07) is 16.7. The van der Waals surface area contributed by atoms with Gasteiger partial charge in [0, 0.05) is 54.4 Å². The van der Waals surface area contributed by atoms with Gasteiger partial charge in [-0.15, -0.1) is 0 Å². The lowest BCUT2D eigenvalue weighted by molar-refractivity contribution is 0.476. The molecule has 0 saturated carbocycles. The molecule has 5 nitrogen and oxygen atoms in total. The first-order chi connectivity index (χ1) is 14.3. The summed E-state index contributed by atoms with van der Waals surface area (Å²) in [6.45, 7) is 4.90. The normalized spacial score (nSPS) is 17.0. The van der Waals surface area contributed by atoms with Gasteiger partial charge >= 0.3 is 0 Å². The average molecular weight is 383 g/mol. The van der Waals surface area contributed by atoms with E-state index in [1.165, 1.54) is 11.1 Å². The Morgan fingerprint density at radius 1 is 1.03 bits per heavy atom. The van der Waals surface area contributed by atoms with Gasteiger partial charge in [0.1, 0.15) is 5.82 Å². The molecule has 1 aromatic carbocycles. The van der Waals surface area contributed by atoms with Crippen molar-refractivity contribution in [3.05, 3.63) is 84.3 Å². The van der Waals surface area contributed by atoms with Gasteiger partial charge < -0.3 is 9.47 Å². The number of hydrogen-bond acceptors (Lipinski definition) is 4. The molecule has 4 heterocycles. The lowest BCUT2D eigenvalue weighted by Crippen LogP contribution is -2.35. The molecule has 5 rings (SSSR count). The molecular formula is C24H25N5. The van der Waals surface area contributed by atoms with Gasteiger partial charge in [-0.3, -0.25) is 9.97 Å². The number of hydrogen-bond donors (Lipinski definition) is 0. The second-order valence-corrected chi connectivity index (χ2v) is 7.82. The number of piperidine rings is 1. The molecule has 0 N–H and O–H groups in total. The number of imidazole rings is 1. The van der Waals surface area contributed by atoms with E-state index in [1.54, 1.807) is 0 Å². The van der Waals surface area contributed by atoms with E-state index >= 15 is 0 Å². The highest BCUT2D eigenvalue weighted by Gasteiger charge is 2.26. The van der Waals surface area contributed by atoms with Crippen molar-refractivity contribution in [1.82, 2.24) is 19.5 Å². The molecule has 5 heteroatoms. The third-order valence-corrected chi connectivity index (χ3v) is 5.76. The Hall–Kier alpha value is -3.21. The van der Waals surface area contributed by atoms with Gasteiger partial charge in [0.2, 0.25) is 0 Å². The molecule has 0 aliphatic carbocycles. The molecule has 3 aromatic heterocycles. The lowest BCUT2D eigenvalue weighted by atomic mass is 9.96. The van der Waals surface area contributed by atoms with Crippen molar-refractivity contribution in [1.29, 1.82) is 0 Å². The van der Waals surface area contributed by atoms with Crippen LogP contribution in [0.5, 0.6) is 0 Å². The molecule has 0 radical (unpaired) electrons. The minimum absolute atomic E-state index is 0.412. The van der Waals surface area contributed by atoms with E-state index in [-0.39, 0.29) is 0 Å². The number of rotatable bonds is 4. The molecule has 1 atom stereocenters. The molecule has 1 saturated heterocycles.